The molecule has 17 heavy (non-hydrogen) atoms. The Kier molecular flexibility index (Phi) is 2.72. The highest BCUT2D eigenvalue weighted by atomic mass is 16.3. The minimum atomic E-state index is -0.588. The van der Waals surface area contributed by atoms with Crippen LogP contribution in [0, 0.1) is 11.8 Å². The van der Waals surface area contributed by atoms with Gasteiger partial charge in [-0.2, -0.15) is 0 Å². The highest BCUT2D eigenvalue weighted by Crippen LogP contribution is 2.47. The number of benzene rings is 1. The van der Waals surface area contributed by atoms with Crippen molar-refractivity contribution in [2.24, 2.45) is 11.8 Å². The molecule has 1 heterocycles. The molecule has 1 aromatic rings. The van der Waals surface area contributed by atoms with Gasteiger partial charge in [-0.15, -0.1) is 0 Å². The number of likely N-dealkylation sites (tertiary alicyclic amines) is 1. The van der Waals surface area contributed by atoms with Crippen molar-refractivity contribution in [2.45, 2.75) is 24.9 Å². The lowest BCUT2D eigenvalue weighted by Crippen LogP contribution is -2.42. The summed E-state index contributed by atoms with van der Waals surface area (Å²) in [6, 6.07) is 10.3. The standard InChI is InChI=1S/C15H21NO/c1-16-10-12-6-5-9-15(17,14(12)11-16)13-7-3-2-4-8-13/h2-4,7-8,12,14,17H,5-6,9-11H2,1H3/t12-,14+,15+/m0/s1. The molecule has 92 valence electrons. The number of hydrogen-bond donors (Lipinski definition) is 1. The van der Waals surface area contributed by atoms with Crippen LogP contribution in [0.4, 0.5) is 0 Å². The van der Waals surface area contributed by atoms with Crippen LogP contribution in [0.2, 0.25) is 0 Å². The van der Waals surface area contributed by atoms with Crippen molar-refractivity contribution in [3.05, 3.63) is 35.9 Å². The number of fused-ring (bicyclic) bond motifs is 1. The number of aliphatic hydroxyl groups is 1. The van der Waals surface area contributed by atoms with Gasteiger partial charge in [-0.3, -0.25) is 0 Å². The fourth-order valence-corrected chi connectivity index (χ4v) is 3.82. The average Bonchev–Trinajstić information content (AvgIpc) is 2.73. The summed E-state index contributed by atoms with van der Waals surface area (Å²) in [5.41, 5.74) is 0.527. The van der Waals surface area contributed by atoms with Crippen LogP contribution in [0.1, 0.15) is 24.8 Å². The maximum atomic E-state index is 11.1. The van der Waals surface area contributed by atoms with Crippen LogP contribution in [0.5, 0.6) is 0 Å². The molecular weight excluding hydrogens is 210 g/mol. The van der Waals surface area contributed by atoms with E-state index in [-0.39, 0.29) is 0 Å². The molecule has 3 rings (SSSR count). The molecule has 2 aliphatic rings. The second-order valence-corrected chi connectivity index (χ2v) is 5.77. The largest absolute Gasteiger partial charge is 0.385 e. The van der Waals surface area contributed by atoms with Crippen LogP contribution in [0.25, 0.3) is 0 Å². The normalized spacial score (nSPS) is 38.0. The first-order valence-corrected chi connectivity index (χ1v) is 6.66. The zero-order chi connectivity index (χ0) is 11.9. The van der Waals surface area contributed by atoms with E-state index in [1.165, 1.54) is 6.42 Å². The lowest BCUT2D eigenvalue weighted by atomic mass is 9.67. The Morgan fingerprint density at radius 2 is 2.00 bits per heavy atom. The van der Waals surface area contributed by atoms with Crippen molar-refractivity contribution < 1.29 is 5.11 Å². The van der Waals surface area contributed by atoms with E-state index in [0.29, 0.717) is 11.8 Å². The van der Waals surface area contributed by atoms with Crippen LogP contribution >= 0.6 is 0 Å². The van der Waals surface area contributed by atoms with Gasteiger partial charge in [-0.1, -0.05) is 30.3 Å². The Morgan fingerprint density at radius 1 is 1.24 bits per heavy atom. The number of nitrogens with zero attached hydrogens (tertiary/aromatic N) is 1. The molecule has 1 saturated carbocycles. The van der Waals surface area contributed by atoms with E-state index in [1.54, 1.807) is 0 Å². The van der Waals surface area contributed by atoms with Gasteiger partial charge in [0.1, 0.15) is 0 Å². The third kappa shape index (κ3) is 1.80. The van der Waals surface area contributed by atoms with Gasteiger partial charge in [0, 0.05) is 19.0 Å². The maximum Gasteiger partial charge on any atom is 0.0939 e. The monoisotopic (exact) mass is 231 g/mol. The molecular formula is C15H21NO. The average molecular weight is 231 g/mol. The summed E-state index contributed by atoms with van der Waals surface area (Å²) in [5.74, 6) is 1.10. The quantitative estimate of drug-likeness (QED) is 0.801. The first-order chi connectivity index (χ1) is 8.20. The summed E-state index contributed by atoms with van der Waals surface area (Å²) in [7, 11) is 2.17. The second kappa shape index (κ2) is 4.11. The fourth-order valence-electron chi connectivity index (χ4n) is 3.82. The summed E-state index contributed by atoms with van der Waals surface area (Å²) >= 11 is 0. The topological polar surface area (TPSA) is 23.5 Å². The molecule has 2 nitrogen and oxygen atoms in total. The molecule has 2 heteroatoms. The van der Waals surface area contributed by atoms with Crippen LogP contribution in [-0.4, -0.2) is 30.1 Å². The van der Waals surface area contributed by atoms with Crippen LogP contribution < -0.4 is 0 Å². The summed E-state index contributed by atoms with van der Waals surface area (Å²) in [6.07, 6.45) is 3.36. The predicted octanol–water partition coefficient (Wildman–Crippen LogP) is 2.24. The van der Waals surface area contributed by atoms with Gasteiger partial charge in [0.15, 0.2) is 0 Å². The van der Waals surface area contributed by atoms with Gasteiger partial charge >= 0.3 is 0 Å². The van der Waals surface area contributed by atoms with E-state index in [9.17, 15) is 5.11 Å². The van der Waals surface area contributed by atoms with Gasteiger partial charge in [-0.05, 0) is 37.8 Å². The SMILES string of the molecule is CN1C[C@@H]2CCC[C@@](O)(c3ccccc3)[C@@H]2C1. The Bertz CT molecular complexity index is 391. The van der Waals surface area contributed by atoms with E-state index >= 15 is 0 Å². The summed E-state index contributed by atoms with van der Waals surface area (Å²) < 4.78 is 0. The van der Waals surface area contributed by atoms with E-state index in [1.807, 2.05) is 18.2 Å². The summed E-state index contributed by atoms with van der Waals surface area (Å²) in [4.78, 5) is 2.37. The molecule has 2 fully saturated rings. The first kappa shape index (κ1) is 11.2. The third-order valence-corrected chi connectivity index (χ3v) is 4.64. The maximum absolute atomic E-state index is 11.1. The molecule has 0 aromatic heterocycles. The van der Waals surface area contributed by atoms with Gasteiger partial charge in [0.05, 0.1) is 5.60 Å². The van der Waals surface area contributed by atoms with Crippen LogP contribution in [-0.2, 0) is 5.60 Å². The molecule has 1 aliphatic heterocycles. The van der Waals surface area contributed by atoms with Crippen molar-refractivity contribution in [1.82, 2.24) is 4.90 Å². The number of rotatable bonds is 1. The molecule has 1 saturated heterocycles. The zero-order valence-electron chi connectivity index (χ0n) is 10.5. The third-order valence-electron chi connectivity index (χ3n) is 4.64. The Balaban J connectivity index is 1.95. The molecule has 1 aliphatic carbocycles. The smallest absolute Gasteiger partial charge is 0.0939 e. The lowest BCUT2D eigenvalue weighted by Gasteiger charge is -2.41. The van der Waals surface area contributed by atoms with Gasteiger partial charge < -0.3 is 10.0 Å². The van der Waals surface area contributed by atoms with Crippen molar-refractivity contribution >= 4 is 0 Å². The van der Waals surface area contributed by atoms with Crippen LogP contribution in [0.15, 0.2) is 30.3 Å². The molecule has 0 bridgehead atoms. The van der Waals surface area contributed by atoms with Gasteiger partial charge in [-0.25, -0.2) is 0 Å². The molecule has 0 radical (unpaired) electrons. The summed E-state index contributed by atoms with van der Waals surface area (Å²) in [6.45, 7) is 2.19. The van der Waals surface area contributed by atoms with Crippen molar-refractivity contribution in [1.29, 1.82) is 0 Å². The van der Waals surface area contributed by atoms with Crippen molar-refractivity contribution in [2.75, 3.05) is 20.1 Å². The van der Waals surface area contributed by atoms with E-state index in [0.717, 1.165) is 31.5 Å². The zero-order valence-corrected chi connectivity index (χ0v) is 10.5. The molecule has 3 atom stereocenters. The molecule has 0 unspecified atom stereocenters. The van der Waals surface area contributed by atoms with E-state index < -0.39 is 5.60 Å². The molecule has 1 aromatic carbocycles. The minimum Gasteiger partial charge on any atom is -0.385 e. The molecule has 0 amide bonds. The van der Waals surface area contributed by atoms with Crippen molar-refractivity contribution in [3.8, 4) is 0 Å². The van der Waals surface area contributed by atoms with Crippen LogP contribution in [0.3, 0.4) is 0 Å². The fraction of sp³-hybridized carbons (Fsp3) is 0.600. The Labute approximate surface area is 103 Å². The first-order valence-electron chi connectivity index (χ1n) is 6.66. The Hall–Kier alpha value is -0.860. The molecule has 1 N–H and O–H groups in total. The van der Waals surface area contributed by atoms with Crippen molar-refractivity contribution in [3.63, 3.8) is 0 Å². The van der Waals surface area contributed by atoms with E-state index in [2.05, 4.69) is 24.1 Å². The minimum absolute atomic E-state index is 0.420. The van der Waals surface area contributed by atoms with Gasteiger partial charge in [0.25, 0.3) is 0 Å². The van der Waals surface area contributed by atoms with Gasteiger partial charge in [0.2, 0.25) is 0 Å². The lowest BCUT2D eigenvalue weighted by molar-refractivity contribution is -0.0645. The number of hydrogen-bond acceptors (Lipinski definition) is 2. The highest BCUT2D eigenvalue weighted by molar-refractivity contribution is 5.25. The molecule has 0 spiro atoms. The second-order valence-electron chi connectivity index (χ2n) is 5.77. The Morgan fingerprint density at radius 3 is 2.76 bits per heavy atom. The highest BCUT2D eigenvalue weighted by Gasteiger charge is 2.48. The predicted molar refractivity (Wildman–Crippen MR) is 68.7 cm³/mol. The summed E-state index contributed by atoms with van der Waals surface area (Å²) in [5, 5.41) is 11.1. The van der Waals surface area contributed by atoms with E-state index in [4.69, 9.17) is 0 Å².